The maximum absolute atomic E-state index is 13.4. The molecule has 206 valence electrons. The molecule has 0 bridgehead atoms. The Kier molecular flexibility index (Phi) is 9.09. The number of pyridine rings is 1. The predicted molar refractivity (Wildman–Crippen MR) is 139 cm³/mol. The van der Waals surface area contributed by atoms with Gasteiger partial charge in [-0.05, 0) is 73.4 Å². The van der Waals surface area contributed by atoms with Crippen molar-refractivity contribution in [1.82, 2.24) is 14.9 Å². The highest BCUT2D eigenvalue weighted by atomic mass is 19.4. The zero-order valence-electron chi connectivity index (χ0n) is 21.2. The molecule has 1 saturated heterocycles. The molecule has 1 aliphatic rings. The fourth-order valence-corrected chi connectivity index (χ4v) is 4.50. The first kappa shape index (κ1) is 28.0. The lowest BCUT2D eigenvalue weighted by Crippen LogP contribution is -2.29. The predicted octanol–water partition coefficient (Wildman–Crippen LogP) is 4.24. The van der Waals surface area contributed by atoms with Gasteiger partial charge in [-0.2, -0.15) is 13.2 Å². The van der Waals surface area contributed by atoms with E-state index in [-0.39, 0.29) is 17.9 Å². The van der Waals surface area contributed by atoms with E-state index in [9.17, 15) is 22.8 Å². The van der Waals surface area contributed by atoms with E-state index in [1.165, 1.54) is 16.8 Å². The smallest absolute Gasteiger partial charge is 0.406 e. The largest absolute Gasteiger partial charge is 0.480 e. The summed E-state index contributed by atoms with van der Waals surface area (Å²) in [6.45, 7) is 0.0581. The molecule has 1 amide bonds. The molecule has 0 aliphatic carbocycles. The highest BCUT2D eigenvalue weighted by Crippen LogP contribution is 2.28. The number of hydrogen-bond donors (Lipinski definition) is 3. The van der Waals surface area contributed by atoms with Crippen LogP contribution >= 0.6 is 0 Å². The number of benzene rings is 1. The van der Waals surface area contributed by atoms with Gasteiger partial charge in [-0.3, -0.25) is 9.59 Å². The van der Waals surface area contributed by atoms with E-state index >= 15 is 0 Å². The summed E-state index contributed by atoms with van der Waals surface area (Å²) in [6.07, 6.45) is 0.969. The molecule has 0 unspecified atom stereocenters. The summed E-state index contributed by atoms with van der Waals surface area (Å²) in [5.41, 5.74) is 2.45. The number of carbonyl (C=O) groups excluding carboxylic acids is 1. The summed E-state index contributed by atoms with van der Waals surface area (Å²) < 4.78 is 46.7. The van der Waals surface area contributed by atoms with Gasteiger partial charge >= 0.3 is 12.1 Å². The van der Waals surface area contributed by atoms with E-state index in [1.54, 1.807) is 18.2 Å². The van der Waals surface area contributed by atoms with Gasteiger partial charge in [-0.1, -0.05) is 12.0 Å². The van der Waals surface area contributed by atoms with Gasteiger partial charge in [-0.15, -0.1) is 0 Å². The number of fused-ring (bicyclic) bond motifs is 1. The minimum atomic E-state index is -4.40. The van der Waals surface area contributed by atoms with Crippen LogP contribution in [-0.4, -0.2) is 59.0 Å². The number of anilines is 1. The summed E-state index contributed by atoms with van der Waals surface area (Å²) in [5.74, 6) is 4.53. The number of rotatable bonds is 9. The van der Waals surface area contributed by atoms with E-state index in [0.717, 1.165) is 49.8 Å². The molecule has 11 heteroatoms. The minimum Gasteiger partial charge on any atom is -0.480 e. The number of halogens is 3. The maximum Gasteiger partial charge on any atom is 0.406 e. The van der Waals surface area contributed by atoms with Crippen LogP contribution in [0.4, 0.5) is 18.9 Å². The van der Waals surface area contributed by atoms with Crippen LogP contribution in [0.1, 0.15) is 41.0 Å². The first-order chi connectivity index (χ1) is 18.7. The number of aliphatic carboxylic acids is 1. The van der Waals surface area contributed by atoms with Crippen molar-refractivity contribution < 1.29 is 32.6 Å². The lowest BCUT2D eigenvalue weighted by atomic mass is 9.92. The van der Waals surface area contributed by atoms with Crippen LogP contribution in [0, 0.1) is 17.8 Å². The number of nitrogens with one attached hydrogen (secondary N) is 2. The summed E-state index contributed by atoms with van der Waals surface area (Å²) >= 11 is 0. The Morgan fingerprint density at radius 2 is 1.95 bits per heavy atom. The highest BCUT2D eigenvalue weighted by molar-refractivity contribution is 5.94. The van der Waals surface area contributed by atoms with Crippen LogP contribution < -0.4 is 10.6 Å². The fourth-order valence-electron chi connectivity index (χ4n) is 4.50. The van der Waals surface area contributed by atoms with Crippen LogP contribution in [0.5, 0.6) is 0 Å². The Bertz CT molecular complexity index is 1370. The van der Waals surface area contributed by atoms with Gasteiger partial charge in [0.15, 0.2) is 0 Å². The van der Waals surface area contributed by atoms with E-state index in [1.807, 2.05) is 12.1 Å². The number of aromatic nitrogens is 2. The molecule has 2 aromatic heterocycles. The Morgan fingerprint density at radius 3 is 2.64 bits per heavy atom. The van der Waals surface area contributed by atoms with Gasteiger partial charge in [0, 0.05) is 24.1 Å². The second-order valence-corrected chi connectivity index (χ2v) is 9.38. The van der Waals surface area contributed by atoms with Crippen molar-refractivity contribution >= 4 is 28.5 Å². The third-order valence-corrected chi connectivity index (χ3v) is 6.48. The van der Waals surface area contributed by atoms with E-state index in [0.29, 0.717) is 17.1 Å². The quantitative estimate of drug-likeness (QED) is 0.350. The molecule has 3 aromatic rings. The highest BCUT2D eigenvalue weighted by Gasteiger charge is 2.29. The number of carbonyl (C=O) groups is 2. The summed E-state index contributed by atoms with van der Waals surface area (Å²) in [5, 5.41) is 14.6. The van der Waals surface area contributed by atoms with E-state index in [2.05, 4.69) is 27.5 Å². The van der Waals surface area contributed by atoms with Crippen LogP contribution in [0.3, 0.4) is 0 Å². The average Bonchev–Trinajstić information content (AvgIpc) is 3.24. The minimum absolute atomic E-state index is 0.0525. The van der Waals surface area contributed by atoms with Crippen molar-refractivity contribution in [2.75, 3.05) is 31.6 Å². The third kappa shape index (κ3) is 8.22. The average molecular weight is 543 g/mol. The number of nitrogens with zero attached hydrogens (tertiary/aromatic N) is 2. The first-order valence-electron chi connectivity index (χ1n) is 12.6. The number of carboxylic acid groups (broad SMARTS) is 1. The van der Waals surface area contributed by atoms with Crippen molar-refractivity contribution in [3.05, 3.63) is 59.5 Å². The maximum atomic E-state index is 13.4. The van der Waals surface area contributed by atoms with Gasteiger partial charge in [0.05, 0.1) is 24.1 Å². The van der Waals surface area contributed by atoms with Crippen LogP contribution in [0.25, 0.3) is 10.9 Å². The number of alkyl halides is 3. The summed E-state index contributed by atoms with van der Waals surface area (Å²) in [7, 11) is 0. The molecule has 3 N–H and O–H groups in total. The Labute approximate surface area is 223 Å². The molecular weight excluding hydrogens is 513 g/mol. The van der Waals surface area contributed by atoms with Crippen molar-refractivity contribution in [2.24, 2.45) is 5.92 Å². The number of ether oxygens (including phenoxy) is 1. The molecule has 8 nitrogen and oxygen atoms in total. The normalized spacial score (nSPS) is 14.0. The van der Waals surface area contributed by atoms with Gasteiger partial charge in [0.1, 0.15) is 18.8 Å². The topological polar surface area (TPSA) is 105 Å². The monoisotopic (exact) mass is 542 g/mol. The zero-order valence-corrected chi connectivity index (χ0v) is 21.2. The number of amides is 1. The molecule has 0 atom stereocenters. The zero-order chi connectivity index (χ0) is 27.8. The van der Waals surface area contributed by atoms with Crippen LogP contribution in [0.2, 0.25) is 0 Å². The molecule has 0 spiro atoms. The van der Waals surface area contributed by atoms with Gasteiger partial charge < -0.3 is 25.0 Å². The fraction of sp³-hybridized carbons (Fsp3) is 0.393. The molecule has 3 heterocycles. The Morgan fingerprint density at radius 1 is 1.15 bits per heavy atom. The second-order valence-electron chi connectivity index (χ2n) is 9.38. The van der Waals surface area contributed by atoms with Crippen LogP contribution in [0.15, 0.2) is 42.6 Å². The summed E-state index contributed by atoms with van der Waals surface area (Å²) in [4.78, 5) is 26.4. The lowest BCUT2D eigenvalue weighted by Gasteiger charge is -2.21. The molecule has 4 rings (SSSR count). The standard InChI is InChI=1S/C28H29F3N4O4/c29-28(30,31)18-35-23(2-1-11-32-22-6-7-24(33-16-22)27(38)34-17-26(36)37)15-21-14-20(5-8-25(21)35)4-3-19-9-12-39-13-10-19/h5-8,14-16,19,32H,3-4,9-13,17-18H2,(H,34,38)(H,36,37). The first-order valence-corrected chi connectivity index (χ1v) is 12.6. The van der Waals surface area contributed by atoms with E-state index < -0.39 is 31.1 Å². The molecule has 1 aromatic carbocycles. The molecule has 1 fully saturated rings. The number of aryl methyl sites for hydroxylation is 1. The van der Waals surface area contributed by atoms with Crippen molar-refractivity contribution in [1.29, 1.82) is 0 Å². The lowest BCUT2D eigenvalue weighted by molar-refractivity contribution is -0.140. The van der Waals surface area contributed by atoms with Crippen LogP contribution in [-0.2, 0) is 22.5 Å². The molecule has 0 saturated carbocycles. The van der Waals surface area contributed by atoms with E-state index in [4.69, 9.17) is 9.84 Å². The SMILES string of the molecule is O=C(O)CNC(=O)c1ccc(NCC#Cc2cc3cc(CCC4CCOCC4)ccc3n2CC(F)(F)F)cn1. The Hall–Kier alpha value is -4.04. The van der Waals surface area contributed by atoms with Crippen molar-refractivity contribution in [3.63, 3.8) is 0 Å². The number of carboxylic acids is 1. The molecule has 0 radical (unpaired) electrons. The molecular formula is C28H29F3N4O4. The second kappa shape index (κ2) is 12.7. The van der Waals surface area contributed by atoms with Crippen molar-refractivity contribution in [2.45, 2.75) is 38.4 Å². The van der Waals surface area contributed by atoms with Gasteiger partial charge in [0.2, 0.25) is 0 Å². The van der Waals surface area contributed by atoms with Gasteiger partial charge in [0.25, 0.3) is 5.91 Å². The van der Waals surface area contributed by atoms with Crippen molar-refractivity contribution in [3.8, 4) is 11.8 Å². The van der Waals surface area contributed by atoms with Gasteiger partial charge in [-0.25, -0.2) is 4.98 Å². The summed E-state index contributed by atoms with van der Waals surface area (Å²) in [6, 6.07) is 10.3. The third-order valence-electron chi connectivity index (χ3n) is 6.48. The number of hydrogen-bond acceptors (Lipinski definition) is 5. The molecule has 39 heavy (non-hydrogen) atoms. The Balaban J connectivity index is 1.43. The molecule has 1 aliphatic heterocycles.